The average molecular weight is 243 g/mol. The molecule has 96 valence electrons. The van der Waals surface area contributed by atoms with E-state index in [2.05, 4.69) is 29.7 Å². The molecule has 0 amide bonds. The highest BCUT2D eigenvalue weighted by atomic mass is 16.5. The van der Waals surface area contributed by atoms with Crippen LogP contribution in [0.4, 0.5) is 0 Å². The van der Waals surface area contributed by atoms with Gasteiger partial charge in [-0.2, -0.15) is 0 Å². The molecule has 0 aromatic heterocycles. The third kappa shape index (κ3) is 1.76. The fourth-order valence-corrected chi connectivity index (χ4v) is 3.74. The van der Waals surface area contributed by atoms with Gasteiger partial charge in [-0.15, -0.1) is 6.58 Å². The topological polar surface area (TPSA) is 12.5 Å². The number of hydrogen-bond donors (Lipinski definition) is 0. The molecule has 1 aliphatic heterocycles. The monoisotopic (exact) mass is 243 g/mol. The van der Waals surface area contributed by atoms with Crippen LogP contribution in [0.2, 0.25) is 0 Å². The van der Waals surface area contributed by atoms with Gasteiger partial charge in [0.25, 0.3) is 0 Å². The SMILES string of the molecule is C=CCN1CC[C@@H]2c3c(cccc3OC)CC[C@@H]21. The van der Waals surface area contributed by atoms with Gasteiger partial charge in [0.15, 0.2) is 0 Å². The zero-order valence-corrected chi connectivity index (χ0v) is 11.1. The Morgan fingerprint density at radius 2 is 2.33 bits per heavy atom. The minimum Gasteiger partial charge on any atom is -0.496 e. The maximum absolute atomic E-state index is 5.58. The van der Waals surface area contributed by atoms with Crippen LogP contribution in [-0.2, 0) is 6.42 Å². The van der Waals surface area contributed by atoms with Crippen LogP contribution >= 0.6 is 0 Å². The summed E-state index contributed by atoms with van der Waals surface area (Å²) in [6.45, 7) is 6.09. The summed E-state index contributed by atoms with van der Waals surface area (Å²) in [5.74, 6) is 1.74. The fourth-order valence-electron chi connectivity index (χ4n) is 3.74. The Morgan fingerprint density at radius 3 is 3.11 bits per heavy atom. The number of nitrogens with zero attached hydrogens (tertiary/aromatic N) is 1. The smallest absolute Gasteiger partial charge is 0.122 e. The number of ether oxygens (including phenoxy) is 1. The molecule has 2 heteroatoms. The van der Waals surface area contributed by atoms with Crippen molar-refractivity contribution < 1.29 is 4.74 Å². The van der Waals surface area contributed by atoms with E-state index < -0.39 is 0 Å². The fraction of sp³-hybridized carbons (Fsp3) is 0.500. The van der Waals surface area contributed by atoms with Crippen molar-refractivity contribution >= 4 is 0 Å². The summed E-state index contributed by atoms with van der Waals surface area (Å²) in [7, 11) is 1.79. The lowest BCUT2D eigenvalue weighted by molar-refractivity contribution is 0.247. The van der Waals surface area contributed by atoms with Crippen molar-refractivity contribution in [3.63, 3.8) is 0 Å². The van der Waals surface area contributed by atoms with Gasteiger partial charge in [-0.05, 0) is 37.4 Å². The Labute approximate surface area is 109 Å². The first-order valence-corrected chi connectivity index (χ1v) is 6.86. The van der Waals surface area contributed by atoms with E-state index in [-0.39, 0.29) is 0 Å². The van der Waals surface area contributed by atoms with E-state index in [1.54, 1.807) is 7.11 Å². The summed E-state index contributed by atoms with van der Waals surface area (Å²) in [4.78, 5) is 2.58. The second-order valence-corrected chi connectivity index (χ2v) is 5.32. The Hall–Kier alpha value is -1.28. The summed E-state index contributed by atoms with van der Waals surface area (Å²) in [6, 6.07) is 7.18. The van der Waals surface area contributed by atoms with Crippen molar-refractivity contribution in [2.45, 2.75) is 31.2 Å². The molecule has 0 radical (unpaired) electrons. The summed E-state index contributed by atoms with van der Waals surface area (Å²) >= 11 is 0. The van der Waals surface area contributed by atoms with Crippen LogP contribution in [0.1, 0.15) is 29.9 Å². The average Bonchev–Trinajstić information content (AvgIpc) is 2.82. The molecule has 1 aliphatic carbocycles. The summed E-state index contributed by atoms with van der Waals surface area (Å²) in [6.07, 6.45) is 5.74. The van der Waals surface area contributed by atoms with Crippen LogP contribution in [0.15, 0.2) is 30.9 Å². The molecule has 1 fully saturated rings. The summed E-state index contributed by atoms with van der Waals surface area (Å²) in [5.41, 5.74) is 2.97. The molecule has 2 aliphatic rings. The van der Waals surface area contributed by atoms with Crippen LogP contribution < -0.4 is 4.74 Å². The predicted molar refractivity (Wildman–Crippen MR) is 74.2 cm³/mol. The Balaban J connectivity index is 1.96. The number of methoxy groups -OCH3 is 1. The molecule has 1 aromatic carbocycles. The molecule has 1 saturated heterocycles. The molecule has 1 heterocycles. The van der Waals surface area contributed by atoms with Crippen LogP contribution in [0, 0.1) is 0 Å². The zero-order valence-electron chi connectivity index (χ0n) is 11.1. The number of fused-ring (bicyclic) bond motifs is 3. The maximum atomic E-state index is 5.58. The lowest BCUT2D eigenvalue weighted by Gasteiger charge is -2.33. The first-order valence-electron chi connectivity index (χ1n) is 6.86. The standard InChI is InChI=1S/C16H21NO/c1-3-10-17-11-9-13-14(17)8-7-12-5-4-6-15(18-2)16(12)13/h3-6,13-14H,1,7-11H2,2H3/t13-,14-/m0/s1. The van der Waals surface area contributed by atoms with E-state index in [9.17, 15) is 0 Å². The van der Waals surface area contributed by atoms with E-state index in [1.165, 1.54) is 36.9 Å². The van der Waals surface area contributed by atoms with Gasteiger partial charge in [-0.25, -0.2) is 0 Å². The van der Waals surface area contributed by atoms with Gasteiger partial charge in [0.2, 0.25) is 0 Å². The normalized spacial score (nSPS) is 26.5. The highest BCUT2D eigenvalue weighted by molar-refractivity contribution is 5.46. The quantitative estimate of drug-likeness (QED) is 0.757. The molecule has 1 aromatic rings. The summed E-state index contributed by atoms with van der Waals surface area (Å²) < 4.78 is 5.58. The predicted octanol–water partition coefficient (Wildman–Crippen LogP) is 2.99. The number of rotatable bonds is 3. The molecule has 2 atom stereocenters. The minimum atomic E-state index is 0.657. The molecule has 0 N–H and O–H groups in total. The van der Waals surface area contributed by atoms with Crippen molar-refractivity contribution in [3.8, 4) is 5.75 Å². The van der Waals surface area contributed by atoms with E-state index in [1.807, 2.05) is 6.08 Å². The van der Waals surface area contributed by atoms with E-state index in [4.69, 9.17) is 4.74 Å². The molecule has 3 rings (SSSR count). The van der Waals surface area contributed by atoms with Crippen molar-refractivity contribution in [1.29, 1.82) is 0 Å². The molecule has 0 saturated carbocycles. The Morgan fingerprint density at radius 1 is 1.44 bits per heavy atom. The van der Waals surface area contributed by atoms with E-state index >= 15 is 0 Å². The number of benzene rings is 1. The van der Waals surface area contributed by atoms with Crippen molar-refractivity contribution in [2.24, 2.45) is 0 Å². The largest absolute Gasteiger partial charge is 0.496 e. The van der Waals surface area contributed by atoms with Gasteiger partial charge in [-0.1, -0.05) is 18.2 Å². The third-order valence-electron chi connectivity index (χ3n) is 4.48. The van der Waals surface area contributed by atoms with Crippen LogP contribution in [0.3, 0.4) is 0 Å². The van der Waals surface area contributed by atoms with Crippen molar-refractivity contribution in [1.82, 2.24) is 4.90 Å². The van der Waals surface area contributed by atoms with Crippen molar-refractivity contribution in [2.75, 3.05) is 20.2 Å². The molecule has 0 spiro atoms. The van der Waals surface area contributed by atoms with Crippen molar-refractivity contribution in [3.05, 3.63) is 42.0 Å². The van der Waals surface area contributed by atoms with Crippen LogP contribution in [0.5, 0.6) is 5.75 Å². The molecule has 0 unspecified atom stereocenters. The van der Waals surface area contributed by atoms with Crippen LogP contribution in [-0.4, -0.2) is 31.1 Å². The number of hydrogen-bond acceptors (Lipinski definition) is 2. The lowest BCUT2D eigenvalue weighted by Crippen LogP contribution is -2.35. The van der Waals surface area contributed by atoms with Crippen LogP contribution in [0.25, 0.3) is 0 Å². The Bertz CT molecular complexity index is 440. The van der Waals surface area contributed by atoms with E-state index in [0.717, 1.165) is 12.3 Å². The summed E-state index contributed by atoms with van der Waals surface area (Å²) in [5, 5.41) is 0. The van der Waals surface area contributed by atoms with Gasteiger partial charge in [0.05, 0.1) is 7.11 Å². The number of likely N-dealkylation sites (tertiary alicyclic amines) is 1. The van der Waals surface area contributed by atoms with Gasteiger partial charge >= 0.3 is 0 Å². The second kappa shape index (κ2) is 4.77. The highest BCUT2D eigenvalue weighted by Gasteiger charge is 2.39. The van der Waals surface area contributed by atoms with E-state index in [0.29, 0.717) is 12.0 Å². The molecular weight excluding hydrogens is 222 g/mol. The van der Waals surface area contributed by atoms with Gasteiger partial charge in [0, 0.05) is 24.1 Å². The first-order chi connectivity index (χ1) is 8.85. The molecular formula is C16H21NO. The molecule has 2 nitrogen and oxygen atoms in total. The lowest BCUT2D eigenvalue weighted by atomic mass is 9.79. The third-order valence-corrected chi connectivity index (χ3v) is 4.48. The minimum absolute atomic E-state index is 0.657. The maximum Gasteiger partial charge on any atom is 0.122 e. The molecule has 0 bridgehead atoms. The highest BCUT2D eigenvalue weighted by Crippen LogP contribution is 2.45. The zero-order chi connectivity index (χ0) is 12.5. The number of aryl methyl sites for hydroxylation is 1. The second-order valence-electron chi connectivity index (χ2n) is 5.32. The molecule has 18 heavy (non-hydrogen) atoms. The Kier molecular flexibility index (Phi) is 3.13. The van der Waals surface area contributed by atoms with Gasteiger partial charge in [-0.3, -0.25) is 4.90 Å². The van der Waals surface area contributed by atoms with Gasteiger partial charge < -0.3 is 4.74 Å². The first kappa shape index (κ1) is 11.8. The van der Waals surface area contributed by atoms with Gasteiger partial charge in [0.1, 0.15) is 5.75 Å².